The molecule has 2 nitrogen and oxygen atoms in total. The van der Waals surface area contributed by atoms with Crippen LogP contribution in [0.25, 0.3) is 54.7 Å². The van der Waals surface area contributed by atoms with Crippen molar-refractivity contribution in [3.63, 3.8) is 0 Å². The number of aryl methyl sites for hydroxylation is 2. The van der Waals surface area contributed by atoms with E-state index < -0.39 is 19.6 Å². The third-order valence-electron chi connectivity index (χ3n) is 9.87. The Kier molecular flexibility index (Phi) is 4.12. The van der Waals surface area contributed by atoms with Crippen molar-refractivity contribution < 1.29 is 14.0 Å². The summed E-state index contributed by atoms with van der Waals surface area (Å²) in [5.74, 6) is -1.05. The van der Waals surface area contributed by atoms with Crippen molar-refractivity contribution >= 4 is 43.5 Å². The summed E-state index contributed by atoms with van der Waals surface area (Å²) in [5.41, 5.74) is 3.12. The van der Waals surface area contributed by atoms with Crippen LogP contribution < -0.4 is 0 Å². The second-order valence-electron chi connectivity index (χ2n) is 12.1. The van der Waals surface area contributed by atoms with Gasteiger partial charge in [0.25, 0.3) is 0 Å². The Morgan fingerprint density at radius 1 is 0.800 bits per heavy atom. The van der Waals surface area contributed by atoms with E-state index in [1.54, 1.807) is 18.2 Å². The molecule has 0 amide bonds. The monoisotopic (exact) mass is 530 g/mol. The summed E-state index contributed by atoms with van der Waals surface area (Å²) in [5, 5.41) is 5.39. The van der Waals surface area contributed by atoms with Crippen LogP contribution in [0.15, 0.2) is 77.3 Å². The lowest BCUT2D eigenvalue weighted by Gasteiger charge is -2.43. The van der Waals surface area contributed by atoms with Gasteiger partial charge in [0, 0.05) is 32.1 Å². The van der Waals surface area contributed by atoms with E-state index in [4.69, 9.17) is 12.6 Å². The number of furan rings is 1. The van der Waals surface area contributed by atoms with Gasteiger partial charge in [-0.15, -0.1) is 0 Å². The molecule has 2 aromatic heterocycles. The first-order chi connectivity index (χ1) is 22.4. The lowest BCUT2D eigenvalue weighted by atomic mass is 9.62. The molecule has 0 bridgehead atoms. The lowest BCUT2D eigenvalue weighted by molar-refractivity contribution is 0.114. The number of aromatic nitrogens is 1. The summed E-state index contributed by atoms with van der Waals surface area (Å²) >= 11 is 0. The summed E-state index contributed by atoms with van der Waals surface area (Å²) in [7, 11) is 0. The number of hydrogen-bond donors (Lipinski definition) is 0. The molecule has 2 saturated carbocycles. The van der Waals surface area contributed by atoms with E-state index in [0.29, 0.717) is 51.6 Å². The third kappa shape index (κ3) is 3.79. The zero-order valence-electron chi connectivity index (χ0n) is 29.6. The predicted molar refractivity (Wildman–Crippen MR) is 168 cm³/mol. The van der Waals surface area contributed by atoms with Crippen molar-refractivity contribution in [3.05, 3.63) is 89.6 Å². The summed E-state index contributed by atoms with van der Waals surface area (Å²) in [4.78, 5) is 4.65. The fourth-order valence-corrected chi connectivity index (χ4v) is 7.63. The number of nitrogens with zero attached hydrogens (tertiary/aromatic N) is 1. The molecule has 0 unspecified atom stereocenters. The van der Waals surface area contributed by atoms with Crippen LogP contribution in [0, 0.1) is 19.1 Å². The topological polar surface area (TPSA) is 26.0 Å². The molecule has 0 atom stereocenters. The van der Waals surface area contributed by atoms with Gasteiger partial charge >= 0.3 is 0 Å². The summed E-state index contributed by atoms with van der Waals surface area (Å²) < 4.78 is 66.4. The molecule has 2 heteroatoms. The standard InChI is InChI=1S/C38H37NO/c1-24-10-13-30(34-21-31(25(2)23-39-34)27-14-18-38(19-15-27)16-6-3-7-17-38)37-36(24)33-20-28-12-11-26-8-4-5-9-29(26)32(28)22-35(33)40-37/h4-5,8-13,20-23,27H,3,6-7,14-19H2,1-2H3/i1D3,2D3,27D. The molecule has 200 valence electrons. The molecule has 8 rings (SSSR count). The van der Waals surface area contributed by atoms with Gasteiger partial charge in [-0.05, 0) is 126 Å². The normalized spacial score (nSPS) is 21.9. The Hall–Kier alpha value is -3.65. The molecule has 40 heavy (non-hydrogen) atoms. The summed E-state index contributed by atoms with van der Waals surface area (Å²) in [6.07, 6.45) is 10.6. The molecule has 6 aromatic rings. The Labute approximate surface area is 246 Å². The van der Waals surface area contributed by atoms with Crippen molar-refractivity contribution in [2.75, 3.05) is 0 Å². The van der Waals surface area contributed by atoms with Crippen LogP contribution in [-0.2, 0) is 0 Å². The van der Waals surface area contributed by atoms with Crippen LogP contribution in [0.1, 0.15) is 90.0 Å². The number of pyridine rings is 1. The SMILES string of the molecule is [2H]C([2H])([2H])c1cnc(-c2ccc(C([2H])([2H])[2H])c3c2oc2cc4c(ccc5ccccc54)cc23)cc1C1([2H])CCC2(CCCCC2)CC1. The number of benzene rings is 4. The van der Waals surface area contributed by atoms with Gasteiger partial charge in [-0.1, -0.05) is 61.7 Å². The lowest BCUT2D eigenvalue weighted by Crippen LogP contribution is -2.29. The zero-order valence-corrected chi connectivity index (χ0v) is 22.6. The van der Waals surface area contributed by atoms with Crippen LogP contribution >= 0.6 is 0 Å². The minimum absolute atomic E-state index is 0.119. The van der Waals surface area contributed by atoms with E-state index in [0.717, 1.165) is 34.4 Å². The predicted octanol–water partition coefficient (Wildman–Crippen LogP) is 11.2. The van der Waals surface area contributed by atoms with Crippen molar-refractivity contribution in [2.45, 2.75) is 77.4 Å². The van der Waals surface area contributed by atoms with Crippen molar-refractivity contribution in [1.29, 1.82) is 0 Å². The Balaban J connectivity index is 1.33. The molecule has 0 radical (unpaired) electrons. The maximum absolute atomic E-state index is 9.68. The summed E-state index contributed by atoms with van der Waals surface area (Å²) in [6.45, 7) is -4.81. The quantitative estimate of drug-likeness (QED) is 0.208. The molecule has 0 aliphatic heterocycles. The van der Waals surface area contributed by atoms with Gasteiger partial charge in [-0.25, -0.2) is 0 Å². The molecule has 0 N–H and O–H groups in total. The van der Waals surface area contributed by atoms with E-state index in [1.807, 2.05) is 30.3 Å². The van der Waals surface area contributed by atoms with Crippen molar-refractivity contribution in [3.8, 4) is 11.3 Å². The highest BCUT2D eigenvalue weighted by Gasteiger charge is 2.36. The molecule has 2 heterocycles. The van der Waals surface area contributed by atoms with Crippen LogP contribution in [0.4, 0.5) is 0 Å². The second-order valence-corrected chi connectivity index (χ2v) is 12.1. The highest BCUT2D eigenvalue weighted by atomic mass is 16.3. The minimum atomic E-state index is -2.42. The number of rotatable bonds is 2. The van der Waals surface area contributed by atoms with Gasteiger partial charge in [0.05, 0.1) is 5.69 Å². The maximum Gasteiger partial charge on any atom is 0.145 e. The second kappa shape index (κ2) is 9.20. The molecule has 2 fully saturated rings. The zero-order chi connectivity index (χ0) is 32.8. The smallest absolute Gasteiger partial charge is 0.145 e. The molecule has 4 aromatic carbocycles. The van der Waals surface area contributed by atoms with Crippen molar-refractivity contribution in [1.82, 2.24) is 4.98 Å². The molecule has 1 spiro atoms. The average molecular weight is 531 g/mol. The number of hydrogen-bond acceptors (Lipinski definition) is 2. The first kappa shape index (κ1) is 17.9. The van der Waals surface area contributed by atoms with Gasteiger partial charge in [-0.2, -0.15) is 0 Å². The highest BCUT2D eigenvalue weighted by molar-refractivity contribution is 6.18. The Morgan fingerprint density at radius 2 is 1.62 bits per heavy atom. The van der Waals surface area contributed by atoms with E-state index in [2.05, 4.69) is 23.2 Å². The number of fused-ring (bicyclic) bond motifs is 6. The van der Waals surface area contributed by atoms with E-state index in [-0.39, 0.29) is 16.5 Å². The Morgan fingerprint density at radius 3 is 2.48 bits per heavy atom. The van der Waals surface area contributed by atoms with Crippen LogP contribution in [0.3, 0.4) is 0 Å². The molecule has 0 saturated heterocycles. The minimum Gasteiger partial charge on any atom is -0.455 e. The highest BCUT2D eigenvalue weighted by Crippen LogP contribution is 2.51. The maximum atomic E-state index is 9.68. The van der Waals surface area contributed by atoms with Gasteiger partial charge < -0.3 is 4.42 Å². The van der Waals surface area contributed by atoms with Crippen LogP contribution in [0.5, 0.6) is 0 Å². The van der Waals surface area contributed by atoms with Crippen molar-refractivity contribution in [2.24, 2.45) is 5.41 Å². The third-order valence-corrected chi connectivity index (χ3v) is 9.87. The van der Waals surface area contributed by atoms with E-state index in [1.165, 1.54) is 38.3 Å². The van der Waals surface area contributed by atoms with Crippen LogP contribution in [-0.4, -0.2) is 4.98 Å². The average Bonchev–Trinajstić information content (AvgIpc) is 3.42. The first-order valence-corrected chi connectivity index (χ1v) is 14.7. The summed E-state index contributed by atoms with van der Waals surface area (Å²) in [6, 6.07) is 21.4. The Bertz CT molecular complexity index is 2180. The largest absolute Gasteiger partial charge is 0.455 e. The molecular weight excluding hydrogens is 486 g/mol. The molecular formula is C38H37NO. The van der Waals surface area contributed by atoms with Gasteiger partial charge in [-0.3, -0.25) is 4.98 Å². The van der Waals surface area contributed by atoms with E-state index in [9.17, 15) is 1.37 Å². The van der Waals surface area contributed by atoms with Gasteiger partial charge in [0.1, 0.15) is 11.2 Å². The van der Waals surface area contributed by atoms with Gasteiger partial charge in [0.2, 0.25) is 0 Å². The van der Waals surface area contributed by atoms with Crippen LogP contribution in [0.2, 0.25) is 0 Å². The van der Waals surface area contributed by atoms with E-state index >= 15 is 0 Å². The fraction of sp³-hybridized carbons (Fsp3) is 0.342. The fourth-order valence-electron chi connectivity index (χ4n) is 7.63. The van der Waals surface area contributed by atoms with Gasteiger partial charge in [0.15, 0.2) is 0 Å². The first-order valence-electron chi connectivity index (χ1n) is 18.2. The molecule has 2 aliphatic carbocycles. The molecule has 2 aliphatic rings.